The van der Waals surface area contributed by atoms with E-state index in [4.69, 9.17) is 9.73 Å². The van der Waals surface area contributed by atoms with Gasteiger partial charge in [0, 0.05) is 38.8 Å². The summed E-state index contributed by atoms with van der Waals surface area (Å²) in [5.41, 5.74) is 1.96. The van der Waals surface area contributed by atoms with E-state index in [2.05, 4.69) is 15.5 Å². The minimum atomic E-state index is -0.109. The number of esters is 1. The van der Waals surface area contributed by atoms with Crippen LogP contribution in [-0.4, -0.2) is 55.5 Å². The first-order valence-corrected chi connectivity index (χ1v) is 10.1. The smallest absolute Gasteiger partial charge is 0.310 e. The Morgan fingerprint density at radius 2 is 2.00 bits per heavy atom. The first-order chi connectivity index (χ1) is 13.5. The fraction of sp³-hybridized carbons (Fsp3) is 0.571. The molecule has 1 heterocycles. The number of likely N-dealkylation sites (tertiary alicyclic amines) is 1. The van der Waals surface area contributed by atoms with E-state index in [1.54, 1.807) is 0 Å². The van der Waals surface area contributed by atoms with E-state index in [9.17, 15) is 9.59 Å². The largest absolute Gasteiger partial charge is 0.466 e. The zero-order valence-corrected chi connectivity index (χ0v) is 17.2. The summed E-state index contributed by atoms with van der Waals surface area (Å²) in [6.07, 6.45) is 2.64. The second-order valence-corrected chi connectivity index (χ2v) is 6.90. The van der Waals surface area contributed by atoms with E-state index in [-0.39, 0.29) is 17.8 Å². The number of hydrogen-bond acceptors (Lipinski definition) is 4. The number of guanidine groups is 1. The van der Waals surface area contributed by atoms with E-state index in [1.165, 1.54) is 6.92 Å². The number of ether oxygens (including phenoxy) is 1. The summed E-state index contributed by atoms with van der Waals surface area (Å²) < 4.78 is 5.19. The average Bonchev–Trinajstić information content (AvgIpc) is 2.68. The van der Waals surface area contributed by atoms with Crippen LogP contribution >= 0.6 is 0 Å². The topological polar surface area (TPSA) is 83.0 Å². The fourth-order valence-corrected chi connectivity index (χ4v) is 3.30. The Hall–Kier alpha value is -2.57. The van der Waals surface area contributed by atoms with Gasteiger partial charge in [0.1, 0.15) is 0 Å². The molecule has 0 spiro atoms. The number of amides is 1. The maximum Gasteiger partial charge on any atom is 0.310 e. The highest BCUT2D eigenvalue weighted by Gasteiger charge is 2.28. The van der Waals surface area contributed by atoms with Crippen molar-refractivity contribution in [2.24, 2.45) is 10.9 Å². The normalized spacial score (nSPS) is 17.2. The number of hydrogen-bond donors (Lipinski definition) is 2. The highest BCUT2D eigenvalue weighted by Crippen LogP contribution is 2.18. The molecule has 1 fully saturated rings. The number of carbonyl (C=O) groups excluding carboxylic acids is 2. The summed E-state index contributed by atoms with van der Waals surface area (Å²) in [7, 11) is 0. The average molecular weight is 389 g/mol. The van der Waals surface area contributed by atoms with E-state index < -0.39 is 0 Å². The zero-order chi connectivity index (χ0) is 20.4. The molecule has 7 nitrogen and oxygen atoms in total. The van der Waals surface area contributed by atoms with Gasteiger partial charge in [-0.25, -0.2) is 0 Å². The molecule has 1 saturated heterocycles. The van der Waals surface area contributed by atoms with Crippen molar-refractivity contribution in [2.75, 3.05) is 38.1 Å². The van der Waals surface area contributed by atoms with Crippen molar-refractivity contribution in [3.63, 3.8) is 0 Å². The van der Waals surface area contributed by atoms with Crippen LogP contribution in [0.4, 0.5) is 5.69 Å². The first-order valence-electron chi connectivity index (χ1n) is 10.1. The van der Waals surface area contributed by atoms with Gasteiger partial charge in [-0.05, 0) is 50.8 Å². The summed E-state index contributed by atoms with van der Waals surface area (Å²) in [4.78, 5) is 30.1. The van der Waals surface area contributed by atoms with Crippen LogP contribution in [0.2, 0.25) is 0 Å². The lowest BCUT2D eigenvalue weighted by Crippen LogP contribution is -2.48. The summed E-state index contributed by atoms with van der Waals surface area (Å²) in [6.45, 7) is 8.79. The number of carbonyl (C=O) groups is 2. The molecule has 154 valence electrons. The second-order valence-electron chi connectivity index (χ2n) is 6.90. The highest BCUT2D eigenvalue weighted by molar-refractivity contribution is 5.88. The number of aliphatic imine (C=N–C) groups is 1. The molecule has 1 aromatic carbocycles. The van der Waals surface area contributed by atoms with Crippen molar-refractivity contribution in [2.45, 2.75) is 40.0 Å². The summed E-state index contributed by atoms with van der Waals surface area (Å²) in [6, 6.07) is 7.82. The molecule has 0 aromatic heterocycles. The molecule has 2 N–H and O–H groups in total. The van der Waals surface area contributed by atoms with Crippen molar-refractivity contribution < 1.29 is 14.3 Å². The van der Waals surface area contributed by atoms with Crippen LogP contribution < -0.4 is 10.6 Å². The number of nitrogens with zero attached hydrogens (tertiary/aromatic N) is 2. The van der Waals surface area contributed by atoms with Crippen LogP contribution in [0.15, 0.2) is 29.3 Å². The van der Waals surface area contributed by atoms with Gasteiger partial charge in [0.2, 0.25) is 5.91 Å². The lowest BCUT2D eigenvalue weighted by molar-refractivity contribution is -0.149. The third-order valence-electron chi connectivity index (χ3n) is 4.61. The minimum Gasteiger partial charge on any atom is -0.466 e. The van der Waals surface area contributed by atoms with Gasteiger partial charge in [0.15, 0.2) is 5.96 Å². The lowest BCUT2D eigenvalue weighted by atomic mass is 9.98. The van der Waals surface area contributed by atoms with Crippen LogP contribution in [-0.2, 0) is 20.7 Å². The van der Waals surface area contributed by atoms with Crippen molar-refractivity contribution in [3.05, 3.63) is 29.8 Å². The van der Waals surface area contributed by atoms with Crippen LogP contribution in [0.1, 0.15) is 39.2 Å². The number of benzene rings is 1. The van der Waals surface area contributed by atoms with Gasteiger partial charge in [0.25, 0.3) is 0 Å². The zero-order valence-electron chi connectivity index (χ0n) is 17.2. The molecule has 0 aliphatic carbocycles. The van der Waals surface area contributed by atoms with E-state index in [0.29, 0.717) is 19.7 Å². The molecule has 1 amide bonds. The Labute approximate surface area is 167 Å². The maximum atomic E-state index is 12.1. The molecular formula is C21H32N4O3. The Bertz CT molecular complexity index is 673. The summed E-state index contributed by atoms with van der Waals surface area (Å²) >= 11 is 0. The van der Waals surface area contributed by atoms with Gasteiger partial charge < -0.3 is 20.3 Å². The third-order valence-corrected chi connectivity index (χ3v) is 4.61. The number of nitrogens with one attached hydrogen (secondary N) is 2. The van der Waals surface area contributed by atoms with E-state index >= 15 is 0 Å². The van der Waals surface area contributed by atoms with E-state index in [0.717, 1.165) is 49.6 Å². The van der Waals surface area contributed by atoms with Gasteiger partial charge in [-0.2, -0.15) is 0 Å². The van der Waals surface area contributed by atoms with Gasteiger partial charge in [-0.15, -0.1) is 0 Å². The SMILES string of the molecule is CCNC(=NCCc1ccc(NC(C)=O)cc1)N1CCCC(C(=O)OCC)C1. The van der Waals surface area contributed by atoms with Crippen LogP contribution in [0.5, 0.6) is 0 Å². The van der Waals surface area contributed by atoms with Gasteiger partial charge in [-0.1, -0.05) is 12.1 Å². The molecule has 1 aliphatic rings. The molecule has 0 saturated carbocycles. The number of rotatable bonds is 7. The molecule has 28 heavy (non-hydrogen) atoms. The van der Waals surface area contributed by atoms with Gasteiger partial charge >= 0.3 is 5.97 Å². The van der Waals surface area contributed by atoms with Gasteiger partial charge in [0.05, 0.1) is 12.5 Å². The molecule has 1 atom stereocenters. The fourth-order valence-electron chi connectivity index (χ4n) is 3.30. The number of piperidine rings is 1. The summed E-state index contributed by atoms with van der Waals surface area (Å²) in [5, 5.41) is 6.10. The third kappa shape index (κ3) is 6.87. The summed E-state index contributed by atoms with van der Waals surface area (Å²) in [5.74, 6) is 0.586. The first kappa shape index (κ1) is 21.7. The molecular weight excluding hydrogens is 356 g/mol. The van der Waals surface area contributed by atoms with Crippen molar-refractivity contribution in [1.29, 1.82) is 0 Å². The molecule has 7 heteroatoms. The maximum absolute atomic E-state index is 12.1. The standard InChI is InChI=1S/C21H32N4O3/c1-4-22-21(25-14-6-7-18(15-25)20(27)28-5-2)23-13-12-17-8-10-19(11-9-17)24-16(3)26/h8-11,18H,4-7,12-15H2,1-3H3,(H,22,23)(H,24,26). The Morgan fingerprint density at radius 1 is 1.25 bits per heavy atom. The molecule has 0 radical (unpaired) electrons. The minimum absolute atomic E-state index is 0.0738. The number of anilines is 1. The van der Waals surface area contributed by atoms with Crippen LogP contribution in [0.3, 0.4) is 0 Å². The van der Waals surface area contributed by atoms with Crippen LogP contribution in [0.25, 0.3) is 0 Å². The lowest BCUT2D eigenvalue weighted by Gasteiger charge is -2.34. The predicted octanol–water partition coefficient (Wildman–Crippen LogP) is 2.43. The van der Waals surface area contributed by atoms with E-state index in [1.807, 2.05) is 38.1 Å². The Balaban J connectivity index is 1.94. The van der Waals surface area contributed by atoms with Crippen molar-refractivity contribution >= 4 is 23.5 Å². The molecule has 1 aromatic rings. The van der Waals surface area contributed by atoms with Gasteiger partial charge in [-0.3, -0.25) is 14.6 Å². The predicted molar refractivity (Wildman–Crippen MR) is 111 cm³/mol. The Kier molecular flexibility index (Phi) is 8.78. The Morgan fingerprint density at radius 3 is 2.64 bits per heavy atom. The monoisotopic (exact) mass is 388 g/mol. The second kappa shape index (κ2) is 11.3. The molecule has 2 rings (SSSR count). The molecule has 1 aliphatic heterocycles. The van der Waals surface area contributed by atoms with Crippen LogP contribution in [0, 0.1) is 5.92 Å². The molecule has 1 unspecified atom stereocenters. The molecule has 0 bridgehead atoms. The highest BCUT2D eigenvalue weighted by atomic mass is 16.5. The quantitative estimate of drug-likeness (QED) is 0.426. The van der Waals surface area contributed by atoms with Crippen molar-refractivity contribution in [3.8, 4) is 0 Å². The van der Waals surface area contributed by atoms with Crippen molar-refractivity contribution in [1.82, 2.24) is 10.2 Å².